The summed E-state index contributed by atoms with van der Waals surface area (Å²) in [6.07, 6.45) is 0. The Labute approximate surface area is 125 Å². The molecule has 6 heteroatoms. The monoisotopic (exact) mass is 301 g/mol. The smallest absolute Gasteiger partial charge is 0.163 e. The van der Waals surface area contributed by atoms with Gasteiger partial charge < -0.3 is 20.2 Å². The molecule has 1 aromatic carbocycles. The lowest BCUT2D eigenvalue weighted by Gasteiger charge is -2.17. The number of hydrogen-bond donors (Lipinski definition) is 2. The normalized spacial score (nSPS) is 13.8. The van der Waals surface area contributed by atoms with Crippen LogP contribution in [-0.4, -0.2) is 23.2 Å². The van der Waals surface area contributed by atoms with Crippen molar-refractivity contribution in [1.29, 1.82) is 0 Å². The van der Waals surface area contributed by atoms with Gasteiger partial charge in [0.05, 0.1) is 21.6 Å². The van der Waals surface area contributed by atoms with Crippen molar-refractivity contribution >= 4 is 27.4 Å². The fraction of sp³-hybridized carbons (Fsp3) is 0.267. The quantitative estimate of drug-likeness (QED) is 0.723. The van der Waals surface area contributed by atoms with E-state index < -0.39 is 0 Å². The number of benzene rings is 1. The molecule has 0 aliphatic carbocycles. The number of anilines is 1. The number of ether oxygens (including phenoxy) is 2. The molecule has 108 valence electrons. The van der Waals surface area contributed by atoms with E-state index in [0.717, 1.165) is 38.9 Å². The number of aryl methyl sites for hydroxylation is 1. The number of aromatic nitrogens is 2. The number of aromatic amines is 1. The lowest BCUT2D eigenvalue weighted by Crippen LogP contribution is -2.15. The second kappa shape index (κ2) is 4.39. The van der Waals surface area contributed by atoms with Crippen LogP contribution in [0.3, 0.4) is 0 Å². The number of H-pyrrole nitrogens is 1. The van der Waals surface area contributed by atoms with Gasteiger partial charge in [0.25, 0.3) is 0 Å². The van der Waals surface area contributed by atoms with Crippen LogP contribution in [0.1, 0.15) is 10.4 Å². The van der Waals surface area contributed by atoms with Gasteiger partial charge in [-0.25, -0.2) is 4.98 Å². The second-order valence-corrected chi connectivity index (χ2v) is 6.38. The van der Waals surface area contributed by atoms with Crippen LogP contribution in [-0.2, 0) is 0 Å². The maximum absolute atomic E-state index is 6.13. The summed E-state index contributed by atoms with van der Waals surface area (Å²) < 4.78 is 11.2. The van der Waals surface area contributed by atoms with Gasteiger partial charge in [0.2, 0.25) is 0 Å². The van der Waals surface area contributed by atoms with Crippen molar-refractivity contribution in [3.63, 3.8) is 0 Å². The van der Waals surface area contributed by atoms with Crippen molar-refractivity contribution in [3.05, 3.63) is 22.6 Å². The Morgan fingerprint density at radius 1 is 1.19 bits per heavy atom. The maximum atomic E-state index is 6.13. The summed E-state index contributed by atoms with van der Waals surface area (Å²) in [4.78, 5) is 9.22. The molecular weight excluding hydrogens is 286 g/mol. The number of fused-ring (bicyclic) bond motifs is 2. The number of imidazole rings is 1. The zero-order valence-electron chi connectivity index (χ0n) is 11.8. The van der Waals surface area contributed by atoms with Gasteiger partial charge in [0.15, 0.2) is 11.5 Å². The highest BCUT2D eigenvalue weighted by Crippen LogP contribution is 2.39. The average molecular weight is 301 g/mol. The molecule has 21 heavy (non-hydrogen) atoms. The highest BCUT2D eigenvalue weighted by molar-refractivity contribution is 7.16. The summed E-state index contributed by atoms with van der Waals surface area (Å²) in [5.41, 5.74) is 10.1. The van der Waals surface area contributed by atoms with Gasteiger partial charge in [-0.3, -0.25) is 0 Å². The van der Waals surface area contributed by atoms with E-state index >= 15 is 0 Å². The molecule has 3 heterocycles. The van der Waals surface area contributed by atoms with E-state index in [-0.39, 0.29) is 0 Å². The molecule has 0 saturated heterocycles. The summed E-state index contributed by atoms with van der Waals surface area (Å²) in [5.74, 6) is 2.31. The lowest BCUT2D eigenvalue weighted by atomic mass is 10.1. The van der Waals surface area contributed by atoms with Crippen LogP contribution in [0.4, 0.5) is 5.00 Å². The molecule has 3 aromatic rings. The largest absolute Gasteiger partial charge is 0.486 e. The third-order valence-corrected chi connectivity index (χ3v) is 4.83. The van der Waals surface area contributed by atoms with Gasteiger partial charge >= 0.3 is 0 Å². The minimum absolute atomic E-state index is 0.575. The van der Waals surface area contributed by atoms with Crippen LogP contribution in [0.15, 0.2) is 12.1 Å². The molecule has 0 amide bonds. The predicted molar refractivity (Wildman–Crippen MR) is 84.3 cm³/mol. The number of hydrogen-bond acceptors (Lipinski definition) is 5. The van der Waals surface area contributed by atoms with Crippen molar-refractivity contribution in [2.24, 2.45) is 0 Å². The fourth-order valence-electron chi connectivity index (χ4n) is 2.61. The van der Waals surface area contributed by atoms with Crippen molar-refractivity contribution in [2.75, 3.05) is 18.9 Å². The molecule has 0 unspecified atom stereocenters. The van der Waals surface area contributed by atoms with E-state index in [2.05, 4.69) is 23.8 Å². The van der Waals surface area contributed by atoms with Gasteiger partial charge in [-0.1, -0.05) is 0 Å². The minimum atomic E-state index is 0.575. The molecule has 3 N–H and O–H groups in total. The topological polar surface area (TPSA) is 73.2 Å². The van der Waals surface area contributed by atoms with E-state index in [9.17, 15) is 0 Å². The Bertz CT molecular complexity index is 807. The maximum Gasteiger partial charge on any atom is 0.163 e. The van der Waals surface area contributed by atoms with Gasteiger partial charge in [0, 0.05) is 17.0 Å². The highest BCUT2D eigenvalue weighted by Gasteiger charge is 2.18. The van der Waals surface area contributed by atoms with E-state index in [1.807, 2.05) is 12.1 Å². The first-order chi connectivity index (χ1) is 10.1. The van der Waals surface area contributed by atoms with Crippen LogP contribution in [0.5, 0.6) is 11.5 Å². The number of nitrogens with zero attached hydrogens (tertiary/aromatic N) is 1. The van der Waals surface area contributed by atoms with Gasteiger partial charge in [-0.15, -0.1) is 11.3 Å². The number of nitrogens with one attached hydrogen (secondary N) is 1. The first-order valence-electron chi connectivity index (χ1n) is 6.78. The summed E-state index contributed by atoms with van der Waals surface area (Å²) in [6.45, 7) is 5.30. The minimum Gasteiger partial charge on any atom is -0.486 e. The molecule has 4 rings (SSSR count). The van der Waals surface area contributed by atoms with Crippen molar-refractivity contribution < 1.29 is 9.47 Å². The molecule has 0 bridgehead atoms. The van der Waals surface area contributed by atoms with Gasteiger partial charge in [-0.05, 0) is 19.4 Å². The lowest BCUT2D eigenvalue weighted by molar-refractivity contribution is 0.172. The van der Waals surface area contributed by atoms with E-state index in [0.29, 0.717) is 13.2 Å². The summed E-state index contributed by atoms with van der Waals surface area (Å²) in [5, 5.41) is 0.793. The van der Waals surface area contributed by atoms with Crippen molar-refractivity contribution in [2.45, 2.75) is 13.8 Å². The molecule has 1 aliphatic heterocycles. The fourth-order valence-corrected chi connectivity index (χ4v) is 3.55. The molecule has 0 atom stereocenters. The van der Waals surface area contributed by atoms with Crippen molar-refractivity contribution in [3.8, 4) is 22.9 Å². The first-order valence-corrected chi connectivity index (χ1v) is 7.60. The molecular formula is C15H15N3O2S. The summed E-state index contributed by atoms with van der Waals surface area (Å²) >= 11 is 1.59. The van der Waals surface area contributed by atoms with Crippen LogP contribution in [0.2, 0.25) is 0 Å². The Hall–Kier alpha value is -2.21. The number of nitrogen functional groups attached to an aromatic ring is 1. The standard InChI is InChI=1S/C15H15N3O2S/c1-7-8(2)21-14(16)13(7)15-17-9-5-11-12(6-10(9)18-15)20-4-3-19-11/h5-6H,3-4,16H2,1-2H3,(H,17,18). The third-order valence-electron chi connectivity index (χ3n) is 3.80. The van der Waals surface area contributed by atoms with Crippen LogP contribution < -0.4 is 15.2 Å². The molecule has 0 radical (unpaired) electrons. The Balaban J connectivity index is 1.91. The van der Waals surface area contributed by atoms with Crippen LogP contribution in [0, 0.1) is 13.8 Å². The third kappa shape index (κ3) is 1.86. The summed E-state index contributed by atoms with van der Waals surface area (Å²) in [6, 6.07) is 3.85. The molecule has 1 aliphatic rings. The first kappa shape index (κ1) is 12.5. The van der Waals surface area contributed by atoms with Crippen LogP contribution >= 0.6 is 11.3 Å². The summed E-state index contributed by atoms with van der Waals surface area (Å²) in [7, 11) is 0. The Morgan fingerprint density at radius 3 is 2.57 bits per heavy atom. The predicted octanol–water partition coefficient (Wildman–Crippen LogP) is 3.26. The van der Waals surface area contributed by atoms with Gasteiger partial charge in [-0.2, -0.15) is 0 Å². The number of nitrogens with two attached hydrogens (primary N) is 1. The van der Waals surface area contributed by atoms with Gasteiger partial charge in [0.1, 0.15) is 19.0 Å². The molecule has 0 saturated carbocycles. The molecule has 5 nitrogen and oxygen atoms in total. The van der Waals surface area contributed by atoms with Crippen molar-refractivity contribution in [1.82, 2.24) is 9.97 Å². The number of thiophene rings is 1. The Morgan fingerprint density at radius 2 is 1.90 bits per heavy atom. The zero-order valence-corrected chi connectivity index (χ0v) is 12.6. The zero-order chi connectivity index (χ0) is 14.6. The van der Waals surface area contributed by atoms with Crippen LogP contribution in [0.25, 0.3) is 22.4 Å². The highest BCUT2D eigenvalue weighted by atomic mass is 32.1. The van der Waals surface area contributed by atoms with E-state index in [1.165, 1.54) is 10.4 Å². The average Bonchev–Trinajstić information content (AvgIpc) is 2.96. The van der Waals surface area contributed by atoms with E-state index in [1.54, 1.807) is 11.3 Å². The van der Waals surface area contributed by atoms with E-state index in [4.69, 9.17) is 15.2 Å². The SMILES string of the molecule is Cc1sc(N)c(-c2nc3cc4c(cc3[nH]2)OCCO4)c1C. The second-order valence-electron chi connectivity index (χ2n) is 5.12. The number of rotatable bonds is 1. The molecule has 2 aromatic heterocycles. The molecule has 0 spiro atoms. The molecule has 0 fully saturated rings. The Kier molecular flexibility index (Phi) is 2.62.